The van der Waals surface area contributed by atoms with E-state index in [2.05, 4.69) is 4.98 Å². The summed E-state index contributed by atoms with van der Waals surface area (Å²) in [6, 6.07) is 6.77. The van der Waals surface area contributed by atoms with Crippen molar-refractivity contribution in [1.29, 1.82) is 0 Å². The van der Waals surface area contributed by atoms with E-state index in [1.165, 1.54) is 18.3 Å². The predicted octanol–water partition coefficient (Wildman–Crippen LogP) is 2.45. The van der Waals surface area contributed by atoms with Gasteiger partial charge in [-0.05, 0) is 49.6 Å². The van der Waals surface area contributed by atoms with Crippen molar-refractivity contribution in [3.8, 4) is 11.6 Å². The Hall–Kier alpha value is -1.92. The van der Waals surface area contributed by atoms with Crippen LogP contribution in [-0.4, -0.2) is 13.4 Å². The number of hydrogen-bond acceptors (Lipinski definition) is 4. The molecule has 0 amide bonds. The van der Waals surface area contributed by atoms with Gasteiger partial charge in [-0.3, -0.25) is 0 Å². The summed E-state index contributed by atoms with van der Waals surface area (Å²) in [6.45, 7) is 5.76. The number of sulfonamides is 1. The van der Waals surface area contributed by atoms with Crippen LogP contribution in [0, 0.1) is 20.8 Å². The molecule has 2 rings (SSSR count). The Balaban J connectivity index is 2.55. The highest BCUT2D eigenvalue weighted by Gasteiger charge is 2.18. The third kappa shape index (κ3) is 2.81. The fourth-order valence-electron chi connectivity index (χ4n) is 1.85. The second kappa shape index (κ2) is 5.22. The number of aryl methyl sites for hydroxylation is 2. The number of primary sulfonamides is 1. The van der Waals surface area contributed by atoms with Crippen LogP contribution in [0.1, 0.15) is 16.7 Å². The molecule has 0 atom stereocenters. The highest BCUT2D eigenvalue weighted by atomic mass is 32.2. The molecule has 0 aliphatic rings. The van der Waals surface area contributed by atoms with Gasteiger partial charge in [-0.15, -0.1) is 0 Å². The van der Waals surface area contributed by atoms with Crippen LogP contribution in [0.4, 0.5) is 0 Å². The van der Waals surface area contributed by atoms with Gasteiger partial charge in [0.05, 0.1) is 0 Å². The molecule has 0 unspecified atom stereocenters. The molecule has 0 saturated heterocycles. The maximum Gasteiger partial charge on any atom is 0.243 e. The summed E-state index contributed by atoms with van der Waals surface area (Å²) in [7, 11) is -3.88. The zero-order valence-corrected chi connectivity index (χ0v) is 12.4. The SMILES string of the molecule is Cc1ccc(C)c(Oc2ncccc2S(N)(=O)=O)c1C. The van der Waals surface area contributed by atoms with Gasteiger partial charge in [-0.1, -0.05) is 12.1 Å². The molecule has 0 radical (unpaired) electrons. The summed E-state index contributed by atoms with van der Waals surface area (Å²) < 4.78 is 28.8. The lowest BCUT2D eigenvalue weighted by Crippen LogP contribution is -2.14. The van der Waals surface area contributed by atoms with E-state index in [4.69, 9.17) is 9.88 Å². The minimum Gasteiger partial charge on any atom is -0.437 e. The number of ether oxygens (including phenoxy) is 1. The molecule has 0 spiro atoms. The molecule has 1 heterocycles. The number of hydrogen-bond donors (Lipinski definition) is 1. The summed E-state index contributed by atoms with van der Waals surface area (Å²) in [5, 5.41) is 5.17. The first-order valence-corrected chi connectivity index (χ1v) is 7.58. The van der Waals surface area contributed by atoms with Gasteiger partial charge < -0.3 is 4.74 Å². The molecule has 2 aromatic rings. The molecule has 0 aliphatic heterocycles. The maximum atomic E-state index is 11.5. The fraction of sp³-hybridized carbons (Fsp3) is 0.214. The van der Waals surface area contributed by atoms with Gasteiger partial charge in [0.25, 0.3) is 0 Å². The zero-order valence-electron chi connectivity index (χ0n) is 11.5. The van der Waals surface area contributed by atoms with Crippen molar-refractivity contribution in [3.63, 3.8) is 0 Å². The standard InChI is InChI=1S/C14H16N2O3S/c1-9-6-7-10(2)13(11(9)3)19-14-12(20(15,17)18)5-4-8-16-14/h4-8H,1-3H3,(H2,15,17,18). The van der Waals surface area contributed by atoms with Crippen LogP contribution in [0.5, 0.6) is 11.6 Å². The Morgan fingerprint density at radius 3 is 2.40 bits per heavy atom. The van der Waals surface area contributed by atoms with Crippen LogP contribution in [-0.2, 0) is 10.0 Å². The fourth-order valence-corrected chi connectivity index (χ4v) is 2.45. The number of nitrogens with zero attached hydrogens (tertiary/aromatic N) is 1. The lowest BCUT2D eigenvalue weighted by Gasteiger charge is -2.14. The Kier molecular flexibility index (Phi) is 3.78. The summed E-state index contributed by atoms with van der Waals surface area (Å²) in [4.78, 5) is 3.85. The van der Waals surface area contributed by atoms with Crippen molar-refractivity contribution in [1.82, 2.24) is 4.98 Å². The third-order valence-electron chi connectivity index (χ3n) is 3.12. The van der Waals surface area contributed by atoms with E-state index in [1.807, 2.05) is 32.9 Å². The molecule has 0 aliphatic carbocycles. The largest absolute Gasteiger partial charge is 0.437 e. The van der Waals surface area contributed by atoms with Gasteiger partial charge in [0.2, 0.25) is 15.9 Å². The quantitative estimate of drug-likeness (QED) is 0.942. The highest BCUT2D eigenvalue weighted by Crippen LogP contribution is 2.32. The van der Waals surface area contributed by atoms with Gasteiger partial charge in [-0.2, -0.15) is 0 Å². The van der Waals surface area contributed by atoms with Crippen LogP contribution < -0.4 is 9.88 Å². The van der Waals surface area contributed by atoms with E-state index in [1.54, 1.807) is 0 Å². The van der Waals surface area contributed by atoms with Crippen molar-refractivity contribution in [3.05, 3.63) is 47.2 Å². The van der Waals surface area contributed by atoms with E-state index in [9.17, 15) is 8.42 Å². The maximum absolute atomic E-state index is 11.5. The normalized spacial score (nSPS) is 11.4. The van der Waals surface area contributed by atoms with Crippen molar-refractivity contribution in [2.75, 3.05) is 0 Å². The van der Waals surface area contributed by atoms with Gasteiger partial charge in [0.15, 0.2) is 0 Å². The van der Waals surface area contributed by atoms with E-state index in [0.717, 1.165) is 16.7 Å². The lowest BCUT2D eigenvalue weighted by atomic mass is 10.1. The molecule has 5 nitrogen and oxygen atoms in total. The van der Waals surface area contributed by atoms with E-state index in [-0.39, 0.29) is 10.8 Å². The first-order valence-electron chi connectivity index (χ1n) is 6.03. The molecule has 0 bridgehead atoms. The van der Waals surface area contributed by atoms with Crippen molar-refractivity contribution < 1.29 is 13.2 Å². The average Bonchev–Trinajstić information content (AvgIpc) is 2.38. The Labute approximate surface area is 118 Å². The summed E-state index contributed by atoms with van der Waals surface area (Å²) >= 11 is 0. The molecule has 6 heteroatoms. The third-order valence-corrected chi connectivity index (χ3v) is 4.04. The summed E-state index contributed by atoms with van der Waals surface area (Å²) in [6.07, 6.45) is 1.46. The van der Waals surface area contributed by atoms with Crippen LogP contribution in [0.15, 0.2) is 35.4 Å². The van der Waals surface area contributed by atoms with Crippen molar-refractivity contribution in [2.45, 2.75) is 25.7 Å². The Bertz CT molecular complexity index is 755. The predicted molar refractivity (Wildman–Crippen MR) is 76.3 cm³/mol. The molecule has 20 heavy (non-hydrogen) atoms. The monoisotopic (exact) mass is 292 g/mol. The molecular weight excluding hydrogens is 276 g/mol. The molecule has 2 N–H and O–H groups in total. The lowest BCUT2D eigenvalue weighted by molar-refractivity contribution is 0.440. The van der Waals surface area contributed by atoms with Gasteiger partial charge >= 0.3 is 0 Å². The topological polar surface area (TPSA) is 82.3 Å². The summed E-state index contributed by atoms with van der Waals surface area (Å²) in [5.74, 6) is 0.598. The second-order valence-corrected chi connectivity index (χ2v) is 6.14. The van der Waals surface area contributed by atoms with Crippen LogP contribution in [0.2, 0.25) is 0 Å². The molecular formula is C14H16N2O3S. The number of aromatic nitrogens is 1. The number of pyridine rings is 1. The average molecular weight is 292 g/mol. The van der Waals surface area contributed by atoms with Gasteiger partial charge in [0.1, 0.15) is 10.6 Å². The van der Waals surface area contributed by atoms with Crippen LogP contribution in [0.25, 0.3) is 0 Å². The molecule has 106 valence electrons. The van der Waals surface area contributed by atoms with Crippen molar-refractivity contribution in [2.24, 2.45) is 5.14 Å². The molecule has 1 aromatic carbocycles. The molecule has 0 fully saturated rings. The highest BCUT2D eigenvalue weighted by molar-refractivity contribution is 7.89. The van der Waals surface area contributed by atoms with E-state index >= 15 is 0 Å². The first kappa shape index (κ1) is 14.5. The van der Waals surface area contributed by atoms with Crippen molar-refractivity contribution >= 4 is 10.0 Å². The first-order chi connectivity index (χ1) is 9.30. The van der Waals surface area contributed by atoms with E-state index < -0.39 is 10.0 Å². The zero-order chi connectivity index (χ0) is 14.9. The van der Waals surface area contributed by atoms with Crippen LogP contribution in [0.3, 0.4) is 0 Å². The molecule has 0 saturated carbocycles. The second-order valence-electron chi connectivity index (χ2n) is 4.61. The van der Waals surface area contributed by atoms with E-state index in [0.29, 0.717) is 5.75 Å². The van der Waals surface area contributed by atoms with Gasteiger partial charge in [-0.25, -0.2) is 18.5 Å². The minimum atomic E-state index is -3.88. The summed E-state index contributed by atoms with van der Waals surface area (Å²) in [5.41, 5.74) is 2.90. The number of benzene rings is 1. The van der Waals surface area contributed by atoms with Crippen LogP contribution >= 0.6 is 0 Å². The molecule has 1 aromatic heterocycles. The Morgan fingerprint density at radius 1 is 1.10 bits per heavy atom. The minimum absolute atomic E-state index is 0.00759. The smallest absolute Gasteiger partial charge is 0.243 e. The number of nitrogens with two attached hydrogens (primary N) is 1. The van der Waals surface area contributed by atoms with Gasteiger partial charge in [0, 0.05) is 6.20 Å². The number of rotatable bonds is 3. The Morgan fingerprint density at radius 2 is 1.75 bits per heavy atom.